The standard InChI is InChI=1S/C15H18BrN3/c1-10-5-12(16)6-11(2)15(10)18-8-14-7-17-9-19(14)13-3-4-13/h5-7,9,13,18H,3-4,8H2,1-2H3. The summed E-state index contributed by atoms with van der Waals surface area (Å²) in [5.74, 6) is 0. The Balaban J connectivity index is 1.77. The molecule has 3 nitrogen and oxygen atoms in total. The van der Waals surface area contributed by atoms with Crippen molar-refractivity contribution in [2.45, 2.75) is 39.3 Å². The number of aromatic nitrogens is 2. The average Bonchev–Trinajstić information content (AvgIpc) is 3.08. The summed E-state index contributed by atoms with van der Waals surface area (Å²) in [7, 11) is 0. The predicted molar refractivity (Wildman–Crippen MR) is 81.4 cm³/mol. The SMILES string of the molecule is Cc1cc(Br)cc(C)c1NCc1cncn1C1CC1. The zero-order valence-corrected chi connectivity index (χ0v) is 12.9. The minimum atomic E-state index is 0.686. The van der Waals surface area contributed by atoms with Crippen molar-refractivity contribution in [1.82, 2.24) is 9.55 Å². The van der Waals surface area contributed by atoms with Gasteiger partial charge in [0, 0.05) is 22.4 Å². The van der Waals surface area contributed by atoms with Gasteiger partial charge in [-0.25, -0.2) is 4.98 Å². The van der Waals surface area contributed by atoms with Crippen molar-refractivity contribution in [3.63, 3.8) is 0 Å². The molecule has 1 heterocycles. The molecule has 1 aliphatic rings. The van der Waals surface area contributed by atoms with E-state index in [9.17, 15) is 0 Å². The molecule has 1 aromatic carbocycles. The first-order chi connectivity index (χ1) is 9.15. The maximum Gasteiger partial charge on any atom is 0.0951 e. The third-order valence-corrected chi connectivity index (χ3v) is 4.09. The monoisotopic (exact) mass is 319 g/mol. The van der Waals surface area contributed by atoms with Crippen LogP contribution in [0.15, 0.2) is 29.1 Å². The molecule has 0 bridgehead atoms. The molecule has 0 aliphatic heterocycles. The molecule has 0 spiro atoms. The Morgan fingerprint density at radius 3 is 2.63 bits per heavy atom. The number of rotatable bonds is 4. The third-order valence-electron chi connectivity index (χ3n) is 3.63. The van der Waals surface area contributed by atoms with E-state index >= 15 is 0 Å². The van der Waals surface area contributed by atoms with Crippen molar-refractivity contribution in [2.24, 2.45) is 0 Å². The number of hydrogen-bond donors (Lipinski definition) is 1. The first-order valence-electron chi connectivity index (χ1n) is 6.66. The van der Waals surface area contributed by atoms with Crippen LogP contribution in [0, 0.1) is 13.8 Å². The Morgan fingerprint density at radius 1 is 1.32 bits per heavy atom. The molecule has 0 atom stereocenters. The first kappa shape index (κ1) is 12.7. The second kappa shape index (κ2) is 5.00. The fourth-order valence-electron chi connectivity index (χ4n) is 2.52. The lowest BCUT2D eigenvalue weighted by atomic mass is 10.1. The van der Waals surface area contributed by atoms with Gasteiger partial charge < -0.3 is 9.88 Å². The third kappa shape index (κ3) is 2.68. The topological polar surface area (TPSA) is 29.9 Å². The molecule has 1 saturated carbocycles. The first-order valence-corrected chi connectivity index (χ1v) is 7.46. The lowest BCUT2D eigenvalue weighted by molar-refractivity contribution is 0.701. The van der Waals surface area contributed by atoms with Crippen LogP contribution in [0.4, 0.5) is 5.69 Å². The van der Waals surface area contributed by atoms with E-state index in [-0.39, 0.29) is 0 Å². The Kier molecular flexibility index (Phi) is 3.35. The summed E-state index contributed by atoms with van der Waals surface area (Å²) in [6.45, 7) is 5.11. The van der Waals surface area contributed by atoms with E-state index in [0.29, 0.717) is 6.04 Å². The van der Waals surface area contributed by atoms with Crippen molar-refractivity contribution < 1.29 is 0 Å². The quantitative estimate of drug-likeness (QED) is 0.914. The highest BCUT2D eigenvalue weighted by Gasteiger charge is 2.25. The van der Waals surface area contributed by atoms with Crippen molar-refractivity contribution in [1.29, 1.82) is 0 Å². The van der Waals surface area contributed by atoms with Gasteiger partial charge in [-0.05, 0) is 49.9 Å². The van der Waals surface area contributed by atoms with Gasteiger partial charge in [0.1, 0.15) is 0 Å². The number of nitrogens with one attached hydrogen (secondary N) is 1. The van der Waals surface area contributed by atoms with Gasteiger partial charge in [-0.3, -0.25) is 0 Å². The molecule has 1 aromatic heterocycles. The Bertz CT molecular complexity index is 576. The van der Waals surface area contributed by atoms with Crippen LogP contribution in [0.2, 0.25) is 0 Å². The van der Waals surface area contributed by atoms with E-state index in [0.717, 1.165) is 11.0 Å². The van der Waals surface area contributed by atoms with E-state index in [1.165, 1.54) is 35.3 Å². The van der Waals surface area contributed by atoms with E-state index < -0.39 is 0 Å². The highest BCUT2D eigenvalue weighted by Crippen LogP contribution is 2.35. The lowest BCUT2D eigenvalue weighted by Crippen LogP contribution is -2.07. The molecule has 1 fully saturated rings. The normalized spacial score (nSPS) is 14.7. The smallest absolute Gasteiger partial charge is 0.0951 e. The molecule has 2 aromatic rings. The molecule has 100 valence electrons. The molecule has 0 saturated heterocycles. The number of anilines is 1. The minimum Gasteiger partial charge on any atom is -0.379 e. The fraction of sp³-hybridized carbons (Fsp3) is 0.400. The number of benzene rings is 1. The average molecular weight is 320 g/mol. The van der Waals surface area contributed by atoms with Crippen LogP contribution in [0.5, 0.6) is 0 Å². The van der Waals surface area contributed by atoms with E-state index in [4.69, 9.17) is 0 Å². The molecule has 0 radical (unpaired) electrons. The van der Waals surface area contributed by atoms with Crippen molar-refractivity contribution in [2.75, 3.05) is 5.32 Å². The number of aryl methyl sites for hydroxylation is 2. The van der Waals surface area contributed by atoms with Crippen LogP contribution in [0.3, 0.4) is 0 Å². The maximum absolute atomic E-state index is 4.27. The number of hydrogen-bond acceptors (Lipinski definition) is 2. The van der Waals surface area contributed by atoms with Gasteiger partial charge in [-0.2, -0.15) is 0 Å². The molecule has 1 aliphatic carbocycles. The van der Waals surface area contributed by atoms with E-state index in [1.807, 2.05) is 12.5 Å². The van der Waals surface area contributed by atoms with Gasteiger partial charge in [0.05, 0.1) is 18.6 Å². The number of imidazole rings is 1. The molecule has 3 rings (SSSR count). The van der Waals surface area contributed by atoms with Gasteiger partial charge in [0.15, 0.2) is 0 Å². The number of nitrogens with zero attached hydrogens (tertiary/aromatic N) is 2. The largest absolute Gasteiger partial charge is 0.379 e. The zero-order chi connectivity index (χ0) is 13.4. The van der Waals surface area contributed by atoms with Gasteiger partial charge in [-0.1, -0.05) is 15.9 Å². The second-order valence-electron chi connectivity index (χ2n) is 5.29. The summed E-state index contributed by atoms with van der Waals surface area (Å²) >= 11 is 3.53. The molecular weight excluding hydrogens is 302 g/mol. The second-order valence-corrected chi connectivity index (χ2v) is 6.21. The summed E-state index contributed by atoms with van der Waals surface area (Å²) in [6.07, 6.45) is 6.50. The van der Waals surface area contributed by atoms with Crippen molar-refractivity contribution in [3.8, 4) is 0 Å². The molecule has 0 amide bonds. The molecule has 4 heteroatoms. The lowest BCUT2D eigenvalue weighted by Gasteiger charge is -2.14. The van der Waals surface area contributed by atoms with E-state index in [2.05, 4.69) is 56.8 Å². The molecule has 1 N–H and O–H groups in total. The van der Waals surface area contributed by atoms with Gasteiger partial charge >= 0.3 is 0 Å². The highest BCUT2D eigenvalue weighted by atomic mass is 79.9. The van der Waals surface area contributed by atoms with Crippen LogP contribution in [0.1, 0.15) is 35.7 Å². The van der Waals surface area contributed by atoms with Crippen LogP contribution in [0.25, 0.3) is 0 Å². The Morgan fingerprint density at radius 2 is 2.00 bits per heavy atom. The fourth-order valence-corrected chi connectivity index (χ4v) is 3.21. The Labute approximate surface area is 122 Å². The van der Waals surface area contributed by atoms with Crippen molar-refractivity contribution in [3.05, 3.63) is 46.0 Å². The summed E-state index contributed by atoms with van der Waals surface area (Å²) < 4.78 is 3.44. The maximum atomic E-state index is 4.27. The summed E-state index contributed by atoms with van der Waals surface area (Å²) in [5, 5.41) is 3.55. The van der Waals surface area contributed by atoms with Crippen LogP contribution in [-0.4, -0.2) is 9.55 Å². The predicted octanol–water partition coefficient (Wildman–Crippen LogP) is 4.21. The molecule has 19 heavy (non-hydrogen) atoms. The highest BCUT2D eigenvalue weighted by molar-refractivity contribution is 9.10. The summed E-state index contributed by atoms with van der Waals surface area (Å²) in [6, 6.07) is 4.98. The molecule has 0 unspecified atom stereocenters. The van der Waals surface area contributed by atoms with Crippen LogP contribution >= 0.6 is 15.9 Å². The van der Waals surface area contributed by atoms with Crippen LogP contribution < -0.4 is 5.32 Å². The van der Waals surface area contributed by atoms with Crippen LogP contribution in [-0.2, 0) is 6.54 Å². The van der Waals surface area contributed by atoms with E-state index in [1.54, 1.807) is 0 Å². The summed E-state index contributed by atoms with van der Waals surface area (Å²) in [5.41, 5.74) is 5.03. The van der Waals surface area contributed by atoms with Gasteiger partial charge in [0.2, 0.25) is 0 Å². The molecular formula is C15H18BrN3. The summed E-state index contributed by atoms with van der Waals surface area (Å²) in [4.78, 5) is 4.27. The zero-order valence-electron chi connectivity index (χ0n) is 11.3. The van der Waals surface area contributed by atoms with Gasteiger partial charge in [-0.15, -0.1) is 0 Å². The minimum absolute atomic E-state index is 0.686. The number of halogens is 1. The Hall–Kier alpha value is -1.29. The van der Waals surface area contributed by atoms with Gasteiger partial charge in [0.25, 0.3) is 0 Å². The van der Waals surface area contributed by atoms with Crippen molar-refractivity contribution >= 4 is 21.6 Å².